The number of hydrogen-bond donors (Lipinski definition) is 2. The Hall–Kier alpha value is -1.94. The van der Waals surface area contributed by atoms with Crippen molar-refractivity contribution in [3.05, 3.63) is 33.8 Å². The van der Waals surface area contributed by atoms with Crippen molar-refractivity contribution in [2.24, 2.45) is 0 Å². The molecule has 0 aliphatic rings. The van der Waals surface area contributed by atoms with Gasteiger partial charge in [-0.1, -0.05) is 15.9 Å². The number of halogens is 3. The Morgan fingerprint density at radius 2 is 1.95 bits per heavy atom. The third-order valence-electron chi connectivity index (χ3n) is 2.16. The van der Waals surface area contributed by atoms with Crippen molar-refractivity contribution >= 4 is 27.8 Å². The topological polar surface area (TPSA) is 66.4 Å². The van der Waals surface area contributed by atoms with Crippen LogP contribution >= 0.6 is 15.9 Å². The highest BCUT2D eigenvalue weighted by atomic mass is 79.9. The summed E-state index contributed by atoms with van der Waals surface area (Å²) in [6, 6.07) is 0.393. The summed E-state index contributed by atoms with van der Waals surface area (Å²) < 4.78 is 27.1. The number of carbonyl (C=O) groups excluding carboxylic acids is 1. The van der Waals surface area contributed by atoms with Gasteiger partial charge in [0.25, 0.3) is 5.91 Å². The summed E-state index contributed by atoms with van der Waals surface area (Å²) in [4.78, 5) is 22.4. The molecule has 19 heavy (non-hydrogen) atoms. The van der Waals surface area contributed by atoms with Crippen LogP contribution in [0.1, 0.15) is 16.8 Å². The van der Waals surface area contributed by atoms with Crippen LogP contribution < -0.4 is 5.32 Å². The van der Waals surface area contributed by atoms with Crippen LogP contribution in [0.25, 0.3) is 0 Å². The van der Waals surface area contributed by atoms with Crippen molar-refractivity contribution < 1.29 is 23.5 Å². The molecule has 0 aliphatic heterocycles. The quantitative estimate of drug-likeness (QED) is 0.828. The Morgan fingerprint density at radius 1 is 1.42 bits per heavy atom. The Bertz CT molecular complexity index is 546. The van der Waals surface area contributed by atoms with Gasteiger partial charge in [0, 0.05) is 10.9 Å². The lowest BCUT2D eigenvalue weighted by Crippen LogP contribution is -2.41. The summed E-state index contributed by atoms with van der Waals surface area (Å²) in [6.07, 6.45) is 4.65. The summed E-state index contributed by atoms with van der Waals surface area (Å²) in [7, 11) is 0. The molecule has 1 rings (SSSR count). The molecule has 1 unspecified atom stereocenters. The lowest BCUT2D eigenvalue weighted by Gasteiger charge is -2.12. The molecule has 0 bridgehead atoms. The predicted molar refractivity (Wildman–Crippen MR) is 66.4 cm³/mol. The fourth-order valence-electron chi connectivity index (χ4n) is 1.31. The van der Waals surface area contributed by atoms with Gasteiger partial charge in [0.15, 0.2) is 0 Å². The molecule has 100 valence electrons. The zero-order chi connectivity index (χ0) is 14.6. The monoisotopic (exact) mass is 331 g/mol. The summed E-state index contributed by atoms with van der Waals surface area (Å²) in [5.74, 6) is -2.71. The van der Waals surface area contributed by atoms with Crippen LogP contribution in [-0.2, 0) is 4.79 Å². The number of terminal acetylenes is 1. The molecular weight excluding hydrogens is 324 g/mol. The number of benzene rings is 1. The molecule has 0 fully saturated rings. The number of nitrogens with one attached hydrogen (secondary N) is 1. The maximum atomic E-state index is 13.5. The van der Waals surface area contributed by atoms with Crippen LogP contribution in [0.4, 0.5) is 8.78 Å². The molecular formula is C12H8BrF2NO3. The van der Waals surface area contributed by atoms with Gasteiger partial charge in [-0.05, 0) is 12.1 Å². The number of carbonyl (C=O) groups is 2. The van der Waals surface area contributed by atoms with E-state index in [1.807, 2.05) is 5.32 Å². The van der Waals surface area contributed by atoms with E-state index in [-0.39, 0.29) is 10.9 Å². The maximum absolute atomic E-state index is 13.5. The Labute approximate surface area is 115 Å². The number of carboxylic acid groups (broad SMARTS) is 1. The summed E-state index contributed by atoms with van der Waals surface area (Å²) >= 11 is 2.86. The van der Waals surface area contributed by atoms with Crippen LogP contribution in [-0.4, -0.2) is 23.0 Å². The second kappa shape index (κ2) is 6.29. The van der Waals surface area contributed by atoms with Crippen LogP contribution in [0.15, 0.2) is 16.6 Å². The molecule has 7 heteroatoms. The van der Waals surface area contributed by atoms with Crippen molar-refractivity contribution in [3.63, 3.8) is 0 Å². The predicted octanol–water partition coefficient (Wildman–Crippen LogP) is 1.93. The maximum Gasteiger partial charge on any atom is 0.327 e. The largest absolute Gasteiger partial charge is 0.480 e. The van der Waals surface area contributed by atoms with Gasteiger partial charge in [-0.2, -0.15) is 0 Å². The molecule has 1 aromatic carbocycles. The van der Waals surface area contributed by atoms with E-state index in [2.05, 4.69) is 21.9 Å². The van der Waals surface area contributed by atoms with E-state index in [4.69, 9.17) is 11.5 Å². The minimum Gasteiger partial charge on any atom is -0.480 e. The molecule has 0 radical (unpaired) electrons. The number of hydrogen-bond acceptors (Lipinski definition) is 2. The van der Waals surface area contributed by atoms with Crippen molar-refractivity contribution in [1.29, 1.82) is 0 Å². The van der Waals surface area contributed by atoms with E-state index in [1.165, 1.54) is 0 Å². The van der Waals surface area contributed by atoms with E-state index in [9.17, 15) is 18.4 Å². The number of carboxylic acids is 1. The minimum absolute atomic E-state index is 0.123. The average Bonchev–Trinajstić information content (AvgIpc) is 2.26. The molecule has 0 spiro atoms. The van der Waals surface area contributed by atoms with Gasteiger partial charge in [0.2, 0.25) is 0 Å². The molecule has 0 aliphatic carbocycles. The zero-order valence-electron chi connectivity index (χ0n) is 9.41. The first kappa shape index (κ1) is 15.1. The van der Waals surface area contributed by atoms with Gasteiger partial charge in [-0.15, -0.1) is 12.3 Å². The minimum atomic E-state index is -1.40. The third kappa shape index (κ3) is 3.76. The Morgan fingerprint density at radius 3 is 2.37 bits per heavy atom. The van der Waals surface area contributed by atoms with E-state index in [0.29, 0.717) is 0 Å². The smallest absolute Gasteiger partial charge is 0.327 e. The molecule has 0 saturated carbocycles. The third-order valence-corrected chi connectivity index (χ3v) is 2.62. The van der Waals surface area contributed by atoms with Gasteiger partial charge >= 0.3 is 5.97 Å². The fourth-order valence-corrected chi connectivity index (χ4v) is 1.71. The van der Waals surface area contributed by atoms with E-state index < -0.39 is 35.1 Å². The summed E-state index contributed by atoms with van der Waals surface area (Å²) in [5, 5.41) is 10.7. The van der Waals surface area contributed by atoms with Crippen LogP contribution in [0, 0.1) is 24.0 Å². The van der Waals surface area contributed by atoms with Crippen molar-refractivity contribution in [2.45, 2.75) is 12.5 Å². The highest BCUT2D eigenvalue weighted by Crippen LogP contribution is 2.19. The SMILES string of the molecule is C#CCC(NC(=O)c1c(F)cc(Br)cc1F)C(=O)O. The second-order valence-corrected chi connectivity index (χ2v) is 4.43. The molecule has 2 N–H and O–H groups in total. The first-order chi connectivity index (χ1) is 8.86. The lowest BCUT2D eigenvalue weighted by atomic mass is 10.1. The standard InChI is InChI=1S/C12H8BrF2NO3/c1-2-3-9(12(18)19)16-11(17)10-7(14)4-6(13)5-8(10)15/h1,4-5,9H,3H2,(H,16,17)(H,18,19). The van der Waals surface area contributed by atoms with E-state index in [1.54, 1.807) is 0 Å². The normalized spacial score (nSPS) is 11.5. The first-order valence-corrected chi connectivity index (χ1v) is 5.77. The highest BCUT2D eigenvalue weighted by Gasteiger charge is 2.24. The molecule has 0 saturated heterocycles. The van der Waals surface area contributed by atoms with Crippen molar-refractivity contribution in [1.82, 2.24) is 5.32 Å². The molecule has 1 aromatic rings. The van der Waals surface area contributed by atoms with E-state index >= 15 is 0 Å². The summed E-state index contributed by atoms with van der Waals surface area (Å²) in [5.41, 5.74) is -0.855. The number of amides is 1. The van der Waals surface area contributed by atoms with Gasteiger partial charge in [-0.3, -0.25) is 4.79 Å². The molecule has 4 nitrogen and oxygen atoms in total. The van der Waals surface area contributed by atoms with Gasteiger partial charge in [-0.25, -0.2) is 13.6 Å². The van der Waals surface area contributed by atoms with Crippen LogP contribution in [0.3, 0.4) is 0 Å². The van der Waals surface area contributed by atoms with Gasteiger partial charge in [0.05, 0.1) is 0 Å². The van der Waals surface area contributed by atoms with E-state index in [0.717, 1.165) is 12.1 Å². The molecule has 1 amide bonds. The fraction of sp³-hybridized carbons (Fsp3) is 0.167. The molecule has 0 aromatic heterocycles. The Balaban J connectivity index is 3.02. The lowest BCUT2D eigenvalue weighted by molar-refractivity contribution is -0.139. The van der Waals surface area contributed by atoms with Crippen LogP contribution in [0.2, 0.25) is 0 Å². The van der Waals surface area contributed by atoms with Crippen molar-refractivity contribution in [3.8, 4) is 12.3 Å². The summed E-state index contributed by atoms with van der Waals surface area (Å²) in [6.45, 7) is 0. The highest BCUT2D eigenvalue weighted by molar-refractivity contribution is 9.10. The number of aliphatic carboxylic acids is 1. The first-order valence-electron chi connectivity index (χ1n) is 4.98. The average molecular weight is 332 g/mol. The zero-order valence-corrected chi connectivity index (χ0v) is 11.0. The number of rotatable bonds is 4. The molecule has 0 heterocycles. The van der Waals surface area contributed by atoms with Gasteiger partial charge in [0.1, 0.15) is 23.2 Å². The van der Waals surface area contributed by atoms with Gasteiger partial charge < -0.3 is 10.4 Å². The van der Waals surface area contributed by atoms with Crippen molar-refractivity contribution in [2.75, 3.05) is 0 Å². The molecule has 1 atom stereocenters. The van der Waals surface area contributed by atoms with Crippen LogP contribution in [0.5, 0.6) is 0 Å². The Kier molecular flexibility index (Phi) is 5.01. The second-order valence-electron chi connectivity index (χ2n) is 3.52.